The monoisotopic (exact) mass is 247 g/mol. The van der Waals surface area contributed by atoms with Crippen LogP contribution in [0.3, 0.4) is 0 Å². The van der Waals surface area contributed by atoms with E-state index in [1.165, 1.54) is 0 Å². The minimum absolute atomic E-state index is 0.0397. The molecule has 18 heavy (non-hydrogen) atoms. The van der Waals surface area contributed by atoms with Gasteiger partial charge in [0.05, 0.1) is 0 Å². The number of benzene rings is 1. The minimum Gasteiger partial charge on any atom is -0.486 e. The van der Waals surface area contributed by atoms with Gasteiger partial charge in [-0.15, -0.1) is 0 Å². The van der Waals surface area contributed by atoms with Crippen LogP contribution in [0, 0.1) is 0 Å². The van der Waals surface area contributed by atoms with E-state index in [2.05, 4.69) is 5.32 Å². The third-order valence-electron chi connectivity index (χ3n) is 3.42. The van der Waals surface area contributed by atoms with E-state index in [0.29, 0.717) is 31.8 Å². The number of fused-ring (bicyclic) bond motifs is 1. The zero-order valence-electron chi connectivity index (χ0n) is 10.4. The van der Waals surface area contributed by atoms with Crippen LogP contribution in [-0.2, 0) is 4.79 Å². The molecule has 2 aliphatic heterocycles. The maximum atomic E-state index is 11.7. The lowest BCUT2D eigenvalue weighted by Crippen LogP contribution is -2.39. The molecule has 1 saturated heterocycles. The molecule has 0 saturated carbocycles. The van der Waals surface area contributed by atoms with Crippen molar-refractivity contribution in [2.75, 3.05) is 13.2 Å². The fourth-order valence-electron chi connectivity index (χ4n) is 2.68. The number of carbonyl (C=O) groups is 1. The van der Waals surface area contributed by atoms with E-state index >= 15 is 0 Å². The highest BCUT2D eigenvalue weighted by Gasteiger charge is 2.29. The molecule has 2 unspecified atom stereocenters. The maximum Gasteiger partial charge on any atom is 0.166 e. The van der Waals surface area contributed by atoms with Crippen LogP contribution in [-0.4, -0.2) is 25.0 Å². The van der Waals surface area contributed by atoms with E-state index in [1.807, 2.05) is 25.1 Å². The molecule has 2 atom stereocenters. The summed E-state index contributed by atoms with van der Waals surface area (Å²) in [4.78, 5) is 11.7. The van der Waals surface area contributed by atoms with Gasteiger partial charge >= 0.3 is 0 Å². The minimum atomic E-state index is 0.0397. The standard InChI is InChI=1S/C14H17NO3/c1-9-7-10(16)8-12(15-9)11-3-2-4-13-14(11)18-6-5-17-13/h2-4,9,12,15H,5-8H2,1H3. The second kappa shape index (κ2) is 4.61. The molecule has 0 radical (unpaired) electrons. The van der Waals surface area contributed by atoms with Crippen molar-refractivity contribution in [2.45, 2.75) is 31.8 Å². The SMILES string of the molecule is CC1CC(=O)CC(c2cccc3c2OCCO3)N1. The van der Waals surface area contributed by atoms with Crippen LogP contribution in [0.5, 0.6) is 11.5 Å². The van der Waals surface area contributed by atoms with Crippen LogP contribution >= 0.6 is 0 Å². The largest absolute Gasteiger partial charge is 0.486 e. The van der Waals surface area contributed by atoms with Crippen molar-refractivity contribution < 1.29 is 14.3 Å². The third kappa shape index (κ3) is 2.08. The van der Waals surface area contributed by atoms with Gasteiger partial charge in [-0.1, -0.05) is 12.1 Å². The number of ether oxygens (including phenoxy) is 2. The Morgan fingerprint density at radius 3 is 2.89 bits per heavy atom. The van der Waals surface area contributed by atoms with Crippen LogP contribution in [0.4, 0.5) is 0 Å². The van der Waals surface area contributed by atoms with Crippen LogP contribution in [0.15, 0.2) is 18.2 Å². The second-order valence-electron chi connectivity index (χ2n) is 4.94. The molecular formula is C14H17NO3. The summed E-state index contributed by atoms with van der Waals surface area (Å²) in [5, 5.41) is 3.46. The summed E-state index contributed by atoms with van der Waals surface area (Å²) in [6.07, 6.45) is 1.15. The average molecular weight is 247 g/mol. The van der Waals surface area contributed by atoms with Crippen molar-refractivity contribution in [2.24, 2.45) is 0 Å². The Kier molecular flexibility index (Phi) is 2.96. The average Bonchev–Trinajstić information content (AvgIpc) is 2.37. The van der Waals surface area contributed by atoms with Crippen molar-refractivity contribution in [3.8, 4) is 11.5 Å². The molecule has 0 aliphatic carbocycles. The molecule has 0 amide bonds. The number of piperidine rings is 1. The lowest BCUT2D eigenvalue weighted by atomic mass is 9.92. The van der Waals surface area contributed by atoms with Crippen LogP contribution in [0.2, 0.25) is 0 Å². The van der Waals surface area contributed by atoms with E-state index in [0.717, 1.165) is 17.1 Å². The lowest BCUT2D eigenvalue weighted by Gasteiger charge is -2.31. The first-order valence-corrected chi connectivity index (χ1v) is 6.40. The number of nitrogens with one attached hydrogen (secondary N) is 1. The first kappa shape index (κ1) is 11.5. The van der Waals surface area contributed by atoms with Crippen molar-refractivity contribution in [1.29, 1.82) is 0 Å². The van der Waals surface area contributed by atoms with E-state index in [4.69, 9.17) is 9.47 Å². The Morgan fingerprint density at radius 2 is 2.06 bits per heavy atom. The summed E-state index contributed by atoms with van der Waals surface area (Å²) >= 11 is 0. The first-order chi connectivity index (χ1) is 8.74. The van der Waals surface area contributed by atoms with Gasteiger partial charge in [0.25, 0.3) is 0 Å². The van der Waals surface area contributed by atoms with Gasteiger partial charge in [0.2, 0.25) is 0 Å². The van der Waals surface area contributed by atoms with Gasteiger partial charge in [-0.2, -0.15) is 0 Å². The molecule has 4 heteroatoms. The molecule has 0 spiro atoms. The van der Waals surface area contributed by atoms with Gasteiger partial charge in [-0.05, 0) is 13.0 Å². The normalized spacial score (nSPS) is 27.1. The number of ketones is 1. The molecular weight excluding hydrogens is 230 g/mol. The highest BCUT2D eigenvalue weighted by molar-refractivity contribution is 5.81. The summed E-state index contributed by atoms with van der Waals surface area (Å²) in [5.74, 6) is 1.88. The van der Waals surface area contributed by atoms with E-state index in [9.17, 15) is 4.79 Å². The smallest absolute Gasteiger partial charge is 0.166 e. The molecule has 1 aromatic rings. The Morgan fingerprint density at radius 1 is 1.22 bits per heavy atom. The van der Waals surface area contributed by atoms with Gasteiger partial charge < -0.3 is 14.8 Å². The predicted molar refractivity (Wildman–Crippen MR) is 67.0 cm³/mol. The van der Waals surface area contributed by atoms with Gasteiger partial charge in [-0.25, -0.2) is 0 Å². The lowest BCUT2D eigenvalue weighted by molar-refractivity contribution is -0.121. The summed E-state index contributed by atoms with van der Waals surface area (Å²) in [6, 6.07) is 6.13. The van der Waals surface area contributed by atoms with Crippen LogP contribution in [0.25, 0.3) is 0 Å². The summed E-state index contributed by atoms with van der Waals surface area (Å²) in [6.45, 7) is 3.20. The van der Waals surface area contributed by atoms with Gasteiger partial charge in [0.1, 0.15) is 19.0 Å². The topological polar surface area (TPSA) is 47.6 Å². The molecule has 2 aliphatic rings. The Balaban J connectivity index is 1.94. The van der Waals surface area contributed by atoms with Crippen molar-refractivity contribution >= 4 is 5.78 Å². The van der Waals surface area contributed by atoms with Crippen LogP contribution < -0.4 is 14.8 Å². The molecule has 0 bridgehead atoms. The fraction of sp³-hybridized carbons (Fsp3) is 0.500. The Labute approximate surface area is 106 Å². The molecule has 1 N–H and O–H groups in total. The zero-order valence-corrected chi connectivity index (χ0v) is 10.4. The predicted octanol–water partition coefficient (Wildman–Crippen LogP) is 1.84. The molecule has 3 rings (SSSR count). The number of hydrogen-bond donors (Lipinski definition) is 1. The quantitative estimate of drug-likeness (QED) is 0.822. The summed E-state index contributed by atoms with van der Waals surface area (Å²) in [7, 11) is 0. The van der Waals surface area contributed by atoms with Crippen molar-refractivity contribution in [3.05, 3.63) is 23.8 Å². The summed E-state index contributed by atoms with van der Waals surface area (Å²) < 4.78 is 11.3. The molecule has 4 nitrogen and oxygen atoms in total. The molecule has 1 fully saturated rings. The number of rotatable bonds is 1. The van der Waals surface area contributed by atoms with Crippen LogP contribution in [0.1, 0.15) is 31.4 Å². The molecule has 0 aromatic heterocycles. The Hall–Kier alpha value is -1.55. The number of hydrogen-bond acceptors (Lipinski definition) is 4. The fourth-order valence-corrected chi connectivity index (χ4v) is 2.68. The Bertz CT molecular complexity index is 472. The highest BCUT2D eigenvalue weighted by Crippen LogP contribution is 2.39. The van der Waals surface area contributed by atoms with E-state index in [1.54, 1.807) is 0 Å². The molecule has 1 aromatic carbocycles. The number of para-hydroxylation sites is 1. The highest BCUT2D eigenvalue weighted by atomic mass is 16.6. The maximum absolute atomic E-state index is 11.7. The molecule has 96 valence electrons. The van der Waals surface area contributed by atoms with Gasteiger partial charge in [-0.3, -0.25) is 4.79 Å². The number of carbonyl (C=O) groups excluding carboxylic acids is 1. The molecule has 2 heterocycles. The summed E-state index contributed by atoms with van der Waals surface area (Å²) in [5.41, 5.74) is 1.03. The van der Waals surface area contributed by atoms with E-state index < -0.39 is 0 Å². The zero-order chi connectivity index (χ0) is 12.5. The van der Waals surface area contributed by atoms with E-state index in [-0.39, 0.29) is 12.1 Å². The van der Waals surface area contributed by atoms with Crippen molar-refractivity contribution in [1.82, 2.24) is 5.32 Å². The third-order valence-corrected chi connectivity index (χ3v) is 3.42. The number of Topliss-reactive ketones (excluding diaryl/α,β-unsaturated/α-hetero) is 1. The second-order valence-corrected chi connectivity index (χ2v) is 4.94. The van der Waals surface area contributed by atoms with Gasteiger partial charge in [0, 0.05) is 30.5 Å². The first-order valence-electron chi connectivity index (χ1n) is 6.40. The van der Waals surface area contributed by atoms with Crippen molar-refractivity contribution in [3.63, 3.8) is 0 Å². The van der Waals surface area contributed by atoms with Gasteiger partial charge in [0.15, 0.2) is 11.5 Å².